The molecule has 1 atom stereocenters. The second kappa shape index (κ2) is 9.34. The first kappa shape index (κ1) is 22.5. The highest BCUT2D eigenvalue weighted by molar-refractivity contribution is 5.59. The van der Waals surface area contributed by atoms with Crippen molar-refractivity contribution in [2.75, 3.05) is 11.9 Å². The lowest BCUT2D eigenvalue weighted by Crippen LogP contribution is -2.26. The average molecular weight is 435 g/mol. The first-order valence-electron chi connectivity index (χ1n) is 9.76. The quantitative estimate of drug-likeness (QED) is 0.547. The smallest absolute Gasteiger partial charge is 0.406 e. The number of anilines is 1. The third-order valence-corrected chi connectivity index (χ3v) is 4.37. The van der Waals surface area contributed by atoms with Crippen molar-refractivity contribution in [3.8, 4) is 23.0 Å². The molecule has 0 fully saturated rings. The number of hydrogen-bond acceptors (Lipinski definition) is 6. The van der Waals surface area contributed by atoms with Gasteiger partial charge in [0.05, 0.1) is 18.3 Å². The summed E-state index contributed by atoms with van der Waals surface area (Å²) in [5, 5.41) is 12.8. The minimum absolute atomic E-state index is 0.0141. The molecule has 166 valence electrons. The van der Waals surface area contributed by atoms with Crippen LogP contribution in [0.1, 0.15) is 26.0 Å². The Bertz CT molecular complexity index is 1000. The van der Waals surface area contributed by atoms with E-state index in [0.29, 0.717) is 28.9 Å². The molecular formula is C21H24F3N5O2. The van der Waals surface area contributed by atoms with Gasteiger partial charge in [-0.15, -0.1) is 13.2 Å². The molecule has 3 rings (SSSR count). The molecule has 2 N–H and O–H groups in total. The molecular weight excluding hydrogens is 411 g/mol. The largest absolute Gasteiger partial charge is 0.573 e. The van der Waals surface area contributed by atoms with Gasteiger partial charge in [0.1, 0.15) is 17.9 Å². The molecule has 7 nitrogen and oxygen atoms in total. The van der Waals surface area contributed by atoms with Crippen LogP contribution in [0.25, 0.3) is 17.2 Å². The Morgan fingerprint density at radius 2 is 1.87 bits per heavy atom. The summed E-state index contributed by atoms with van der Waals surface area (Å²) in [5.74, 6) is 1.09. The summed E-state index contributed by atoms with van der Waals surface area (Å²) in [7, 11) is 0. The van der Waals surface area contributed by atoms with Gasteiger partial charge in [-0.1, -0.05) is 13.8 Å². The van der Waals surface area contributed by atoms with Gasteiger partial charge in [-0.2, -0.15) is 4.98 Å². The van der Waals surface area contributed by atoms with Crippen molar-refractivity contribution >= 4 is 5.82 Å². The Hall–Kier alpha value is -3.14. The molecule has 2 heterocycles. The van der Waals surface area contributed by atoms with Crippen molar-refractivity contribution < 1.29 is 23.0 Å². The zero-order chi connectivity index (χ0) is 22.6. The topological polar surface area (TPSA) is 85.1 Å². The maximum absolute atomic E-state index is 12.3. The van der Waals surface area contributed by atoms with Gasteiger partial charge < -0.3 is 15.2 Å². The Balaban J connectivity index is 1.79. The maximum atomic E-state index is 12.3. The van der Waals surface area contributed by atoms with E-state index in [0.717, 1.165) is 12.1 Å². The van der Waals surface area contributed by atoms with Crippen LogP contribution >= 0.6 is 0 Å². The lowest BCUT2D eigenvalue weighted by Gasteiger charge is -2.19. The van der Waals surface area contributed by atoms with Gasteiger partial charge in [-0.05, 0) is 43.5 Å². The molecule has 31 heavy (non-hydrogen) atoms. The van der Waals surface area contributed by atoms with E-state index in [1.165, 1.54) is 30.6 Å². The number of benzene rings is 1. The number of rotatable bonds is 8. The minimum Gasteiger partial charge on any atom is -0.406 e. The van der Waals surface area contributed by atoms with E-state index in [9.17, 15) is 18.3 Å². The molecule has 0 saturated heterocycles. The molecule has 0 spiro atoms. The molecule has 0 bridgehead atoms. The molecule has 1 aromatic carbocycles. The number of imidazole rings is 1. The second-order valence-electron chi connectivity index (χ2n) is 7.59. The normalized spacial score (nSPS) is 12.8. The van der Waals surface area contributed by atoms with Crippen LogP contribution in [0.15, 0.2) is 42.9 Å². The molecule has 2 aromatic heterocycles. The Morgan fingerprint density at radius 1 is 1.16 bits per heavy atom. The third-order valence-electron chi connectivity index (χ3n) is 4.37. The summed E-state index contributed by atoms with van der Waals surface area (Å²) in [6.07, 6.45) is -0.721. The number of alkyl halides is 3. The van der Waals surface area contributed by atoms with Gasteiger partial charge in [0.25, 0.3) is 0 Å². The average Bonchev–Trinajstić information content (AvgIpc) is 3.16. The number of hydrogen-bond donors (Lipinski definition) is 2. The molecule has 3 aromatic rings. The standard InChI is InChI=1S/C21H24F3N5O2/c1-13(2)8-16(11-30)27-19-9-14(3)26-20(28-19)29-10-18(25-12-29)15-4-6-17(7-5-15)31-21(22,23)24/h4-7,9-10,12-13,16,30H,8,11H2,1-3H3,(H,26,27,28)/t16-/m0/s1. The van der Waals surface area contributed by atoms with Crippen LogP contribution < -0.4 is 10.1 Å². The van der Waals surface area contributed by atoms with Gasteiger partial charge in [0, 0.05) is 23.5 Å². The Kier molecular flexibility index (Phi) is 6.79. The molecule has 0 saturated carbocycles. The fraction of sp³-hybridized carbons (Fsp3) is 0.381. The van der Waals surface area contributed by atoms with Gasteiger partial charge in [-0.3, -0.25) is 4.57 Å². The minimum atomic E-state index is -4.73. The summed E-state index contributed by atoms with van der Waals surface area (Å²) in [6.45, 7) is 5.98. The van der Waals surface area contributed by atoms with Crippen molar-refractivity contribution in [2.45, 2.75) is 39.6 Å². The number of aliphatic hydroxyl groups is 1. The Labute approximate surface area is 177 Å². The molecule has 0 radical (unpaired) electrons. The number of aromatic nitrogens is 4. The van der Waals surface area contributed by atoms with E-state index >= 15 is 0 Å². The van der Waals surface area contributed by atoms with Gasteiger partial charge in [0.2, 0.25) is 5.95 Å². The highest BCUT2D eigenvalue weighted by Gasteiger charge is 2.31. The molecule has 0 amide bonds. The van der Waals surface area contributed by atoms with E-state index in [2.05, 4.69) is 38.9 Å². The number of halogens is 3. The van der Waals surface area contributed by atoms with Crippen LogP contribution in [0.5, 0.6) is 5.75 Å². The summed E-state index contributed by atoms with van der Waals surface area (Å²) in [6, 6.07) is 7.13. The number of aliphatic hydroxyl groups excluding tert-OH is 1. The highest BCUT2D eigenvalue weighted by Crippen LogP contribution is 2.26. The molecule has 0 aliphatic carbocycles. The zero-order valence-electron chi connectivity index (χ0n) is 17.4. The van der Waals surface area contributed by atoms with Gasteiger partial charge >= 0.3 is 6.36 Å². The summed E-state index contributed by atoms with van der Waals surface area (Å²) >= 11 is 0. The van der Waals surface area contributed by atoms with Crippen molar-refractivity contribution in [2.24, 2.45) is 5.92 Å². The van der Waals surface area contributed by atoms with E-state index in [4.69, 9.17) is 0 Å². The number of nitrogens with one attached hydrogen (secondary N) is 1. The maximum Gasteiger partial charge on any atom is 0.573 e. The van der Waals surface area contributed by atoms with Crippen molar-refractivity contribution in [3.05, 3.63) is 48.5 Å². The van der Waals surface area contributed by atoms with E-state index in [1.54, 1.807) is 16.8 Å². The summed E-state index contributed by atoms with van der Waals surface area (Å²) in [5.41, 5.74) is 1.90. The number of nitrogens with zero attached hydrogens (tertiary/aromatic N) is 4. The third kappa shape index (κ3) is 6.42. The lowest BCUT2D eigenvalue weighted by atomic mass is 10.0. The first-order valence-corrected chi connectivity index (χ1v) is 9.76. The molecule has 0 aliphatic heterocycles. The van der Waals surface area contributed by atoms with Crippen LogP contribution in [0.4, 0.5) is 19.0 Å². The predicted octanol–water partition coefficient (Wildman–Crippen LogP) is 4.36. The van der Waals surface area contributed by atoms with Gasteiger partial charge in [0.15, 0.2) is 0 Å². The van der Waals surface area contributed by atoms with E-state index in [-0.39, 0.29) is 18.4 Å². The van der Waals surface area contributed by atoms with Crippen LogP contribution in [-0.2, 0) is 0 Å². The molecule has 10 heteroatoms. The number of ether oxygens (including phenoxy) is 1. The van der Waals surface area contributed by atoms with E-state index < -0.39 is 6.36 Å². The predicted molar refractivity (Wildman–Crippen MR) is 110 cm³/mol. The lowest BCUT2D eigenvalue weighted by molar-refractivity contribution is -0.274. The van der Waals surface area contributed by atoms with E-state index in [1.807, 2.05) is 6.92 Å². The van der Waals surface area contributed by atoms with Crippen molar-refractivity contribution in [3.63, 3.8) is 0 Å². The fourth-order valence-corrected chi connectivity index (χ4v) is 3.11. The van der Waals surface area contributed by atoms with Crippen LogP contribution in [0.3, 0.4) is 0 Å². The van der Waals surface area contributed by atoms with Gasteiger partial charge in [-0.25, -0.2) is 9.97 Å². The van der Waals surface area contributed by atoms with Crippen LogP contribution in [0.2, 0.25) is 0 Å². The monoisotopic (exact) mass is 435 g/mol. The second-order valence-corrected chi connectivity index (χ2v) is 7.59. The summed E-state index contributed by atoms with van der Waals surface area (Å²) < 4.78 is 42.5. The first-order chi connectivity index (χ1) is 14.6. The number of aryl methyl sites for hydroxylation is 1. The fourth-order valence-electron chi connectivity index (χ4n) is 3.11. The molecule has 0 unspecified atom stereocenters. The van der Waals surface area contributed by atoms with Crippen LogP contribution in [0, 0.1) is 12.8 Å². The highest BCUT2D eigenvalue weighted by atomic mass is 19.4. The molecule has 0 aliphatic rings. The zero-order valence-corrected chi connectivity index (χ0v) is 17.4. The van der Waals surface area contributed by atoms with Crippen molar-refractivity contribution in [1.82, 2.24) is 19.5 Å². The SMILES string of the molecule is Cc1cc(N[C@H](CO)CC(C)C)nc(-n2cnc(-c3ccc(OC(F)(F)F)cc3)c2)n1. The van der Waals surface area contributed by atoms with Crippen LogP contribution in [-0.4, -0.2) is 43.6 Å². The van der Waals surface area contributed by atoms with Crippen molar-refractivity contribution in [1.29, 1.82) is 0 Å². The summed E-state index contributed by atoms with van der Waals surface area (Å²) in [4.78, 5) is 13.2. The Morgan fingerprint density at radius 3 is 2.48 bits per heavy atom.